The second-order valence-electron chi connectivity index (χ2n) is 9.12. The molecule has 38 heavy (non-hydrogen) atoms. The monoisotopic (exact) mass is 592 g/mol. The third kappa shape index (κ3) is 5.50. The van der Waals surface area contributed by atoms with E-state index in [1.807, 2.05) is 4.90 Å². The maximum atomic E-state index is 14.1. The molecule has 0 aliphatic carbocycles. The molecule has 0 radical (unpaired) electrons. The summed E-state index contributed by atoms with van der Waals surface area (Å²) in [6, 6.07) is 4.74. The maximum absolute atomic E-state index is 14.1. The minimum Gasteiger partial charge on any atom is -0.316 e. The Morgan fingerprint density at radius 2 is 1.87 bits per heavy atom. The first-order valence-electron chi connectivity index (χ1n) is 11.7. The molecule has 1 atom stereocenters. The molecule has 2 aromatic carbocycles. The van der Waals surface area contributed by atoms with Crippen molar-refractivity contribution in [3.63, 3.8) is 0 Å². The number of rotatable bonds is 7. The molecule has 206 valence electrons. The van der Waals surface area contributed by atoms with Crippen LogP contribution in [0.15, 0.2) is 38.8 Å². The lowest BCUT2D eigenvalue weighted by Gasteiger charge is -2.22. The second-order valence-corrected chi connectivity index (χ2v) is 12.2. The summed E-state index contributed by atoms with van der Waals surface area (Å²) >= 11 is 12.5. The third-order valence-corrected chi connectivity index (χ3v) is 9.23. The molecule has 3 aromatic rings. The number of halogens is 5. The lowest BCUT2D eigenvalue weighted by atomic mass is 10.0. The van der Waals surface area contributed by atoms with Crippen molar-refractivity contribution in [2.45, 2.75) is 43.5 Å². The van der Waals surface area contributed by atoms with E-state index in [0.717, 1.165) is 6.42 Å². The number of aromatic amines is 1. The molecule has 14 heteroatoms. The summed E-state index contributed by atoms with van der Waals surface area (Å²) < 4.78 is 68.2. The van der Waals surface area contributed by atoms with Gasteiger partial charge in [0.15, 0.2) is 9.84 Å². The standard InChI is InChI=1S/C24H25Cl2F3N4O4S/c1-3-38(36,37)19-5-4-14(25)8-13(19)10-33-22(34)16-9-18(24(27,28)29)17(20(26)21(16)31-23(33)35)12-32-7-6-15(11-32)30-2/h4-5,8-9,15,30H,3,6-7,10-12H2,1-2H3,(H,31,35). The number of hydrogen-bond donors (Lipinski definition) is 2. The fourth-order valence-corrected chi connectivity index (χ4v) is 6.30. The molecule has 4 rings (SSSR count). The van der Waals surface area contributed by atoms with Crippen LogP contribution in [0.5, 0.6) is 0 Å². The summed E-state index contributed by atoms with van der Waals surface area (Å²) in [4.78, 5) is 30.4. The molecular weight excluding hydrogens is 568 g/mol. The highest BCUT2D eigenvalue weighted by Crippen LogP contribution is 2.39. The molecule has 1 unspecified atom stereocenters. The topological polar surface area (TPSA) is 104 Å². The molecule has 1 aliphatic rings. The van der Waals surface area contributed by atoms with E-state index in [1.54, 1.807) is 7.05 Å². The Balaban J connectivity index is 1.88. The average molecular weight is 593 g/mol. The van der Waals surface area contributed by atoms with Crippen molar-refractivity contribution in [1.29, 1.82) is 0 Å². The Kier molecular flexibility index (Phi) is 8.02. The minimum absolute atomic E-state index is 0.0539. The van der Waals surface area contributed by atoms with Crippen molar-refractivity contribution in [2.75, 3.05) is 25.9 Å². The normalized spacial score (nSPS) is 17.0. The fourth-order valence-electron chi connectivity index (χ4n) is 4.68. The number of fused-ring (bicyclic) bond motifs is 1. The molecule has 1 aromatic heterocycles. The number of nitrogens with one attached hydrogen (secondary N) is 2. The van der Waals surface area contributed by atoms with E-state index >= 15 is 0 Å². The summed E-state index contributed by atoms with van der Waals surface area (Å²) in [5.74, 6) is -0.246. The number of likely N-dealkylation sites (tertiary alicyclic amines) is 1. The molecule has 2 N–H and O–H groups in total. The zero-order valence-electron chi connectivity index (χ0n) is 20.5. The number of hydrogen-bond acceptors (Lipinski definition) is 6. The lowest BCUT2D eigenvalue weighted by Crippen LogP contribution is -2.36. The van der Waals surface area contributed by atoms with Crippen LogP contribution in [-0.4, -0.2) is 54.8 Å². The Hall–Kier alpha value is -2.38. The highest BCUT2D eigenvalue weighted by Gasteiger charge is 2.37. The third-order valence-electron chi connectivity index (χ3n) is 6.75. The van der Waals surface area contributed by atoms with E-state index < -0.39 is 44.8 Å². The summed E-state index contributed by atoms with van der Waals surface area (Å²) in [6.07, 6.45) is -4.07. The van der Waals surface area contributed by atoms with Crippen molar-refractivity contribution in [3.8, 4) is 0 Å². The summed E-state index contributed by atoms with van der Waals surface area (Å²) in [5, 5.41) is 2.46. The number of aromatic nitrogens is 2. The fraction of sp³-hybridized carbons (Fsp3) is 0.417. The summed E-state index contributed by atoms with van der Waals surface area (Å²) in [7, 11) is -1.98. The molecule has 2 heterocycles. The largest absolute Gasteiger partial charge is 0.416 e. The lowest BCUT2D eigenvalue weighted by molar-refractivity contribution is -0.138. The van der Waals surface area contributed by atoms with Crippen LogP contribution in [0.25, 0.3) is 10.9 Å². The van der Waals surface area contributed by atoms with E-state index in [1.165, 1.54) is 25.1 Å². The van der Waals surface area contributed by atoms with Gasteiger partial charge in [-0.15, -0.1) is 0 Å². The van der Waals surface area contributed by atoms with E-state index in [9.17, 15) is 31.2 Å². The number of sulfone groups is 1. The second kappa shape index (κ2) is 10.6. The first kappa shape index (κ1) is 28.6. The maximum Gasteiger partial charge on any atom is 0.416 e. The highest BCUT2D eigenvalue weighted by molar-refractivity contribution is 7.91. The van der Waals surface area contributed by atoms with Gasteiger partial charge in [0.25, 0.3) is 5.56 Å². The number of alkyl halides is 3. The van der Waals surface area contributed by atoms with Crippen LogP contribution in [0.3, 0.4) is 0 Å². The first-order valence-corrected chi connectivity index (χ1v) is 14.1. The van der Waals surface area contributed by atoms with Gasteiger partial charge in [-0.3, -0.25) is 14.3 Å². The Morgan fingerprint density at radius 3 is 2.47 bits per heavy atom. The van der Waals surface area contributed by atoms with Crippen molar-refractivity contribution >= 4 is 43.9 Å². The van der Waals surface area contributed by atoms with Crippen LogP contribution in [-0.2, 0) is 29.1 Å². The molecule has 0 saturated carbocycles. The van der Waals surface area contributed by atoms with Gasteiger partial charge in [-0.1, -0.05) is 30.1 Å². The Labute approximate surface area is 226 Å². The van der Waals surface area contributed by atoms with E-state index in [2.05, 4.69) is 10.3 Å². The molecule has 0 bridgehead atoms. The smallest absolute Gasteiger partial charge is 0.316 e. The van der Waals surface area contributed by atoms with Gasteiger partial charge in [0.1, 0.15) is 0 Å². The summed E-state index contributed by atoms with van der Waals surface area (Å²) in [5.41, 5.74) is -3.46. The van der Waals surface area contributed by atoms with E-state index in [0.29, 0.717) is 23.7 Å². The van der Waals surface area contributed by atoms with E-state index in [4.69, 9.17) is 23.2 Å². The van der Waals surface area contributed by atoms with Gasteiger partial charge < -0.3 is 10.3 Å². The van der Waals surface area contributed by atoms with Crippen molar-refractivity contribution in [3.05, 3.63) is 71.8 Å². The number of H-pyrrole nitrogens is 1. The first-order chi connectivity index (χ1) is 17.8. The van der Waals surface area contributed by atoms with Crippen LogP contribution in [0.1, 0.15) is 30.0 Å². The van der Waals surface area contributed by atoms with Crippen LogP contribution >= 0.6 is 23.2 Å². The van der Waals surface area contributed by atoms with Crippen LogP contribution < -0.4 is 16.6 Å². The predicted molar refractivity (Wildman–Crippen MR) is 140 cm³/mol. The van der Waals surface area contributed by atoms with Gasteiger partial charge >= 0.3 is 11.9 Å². The van der Waals surface area contributed by atoms with Crippen molar-refractivity contribution in [1.82, 2.24) is 19.8 Å². The molecule has 1 saturated heterocycles. The average Bonchev–Trinajstić information content (AvgIpc) is 3.30. The predicted octanol–water partition coefficient (Wildman–Crippen LogP) is 3.65. The van der Waals surface area contributed by atoms with Crippen LogP contribution in [0.2, 0.25) is 10.0 Å². The van der Waals surface area contributed by atoms with E-state index in [-0.39, 0.29) is 49.9 Å². The number of benzene rings is 2. The van der Waals surface area contributed by atoms with Crippen molar-refractivity contribution < 1.29 is 21.6 Å². The minimum atomic E-state index is -4.82. The molecule has 1 aliphatic heterocycles. The summed E-state index contributed by atoms with van der Waals surface area (Å²) in [6.45, 7) is 1.86. The number of likely N-dealkylation sites (N-methyl/N-ethyl adjacent to an activating group) is 1. The zero-order chi connectivity index (χ0) is 28.0. The number of nitrogens with zero attached hydrogens (tertiary/aromatic N) is 2. The van der Waals surface area contributed by atoms with Gasteiger partial charge in [0.2, 0.25) is 0 Å². The molecule has 0 spiro atoms. The van der Waals surface area contributed by atoms with Crippen LogP contribution in [0, 0.1) is 0 Å². The quantitative estimate of drug-likeness (QED) is 0.434. The van der Waals surface area contributed by atoms with Gasteiger partial charge in [-0.05, 0) is 48.9 Å². The molecule has 8 nitrogen and oxygen atoms in total. The Morgan fingerprint density at radius 1 is 1.16 bits per heavy atom. The SMILES string of the molecule is CCS(=O)(=O)c1ccc(Cl)cc1Cn1c(=O)[nH]c2c(Cl)c(CN3CCC(NC)C3)c(C(F)(F)F)cc2c1=O. The van der Waals surface area contributed by atoms with Gasteiger partial charge in [0, 0.05) is 30.7 Å². The molecule has 1 fully saturated rings. The van der Waals surface area contributed by atoms with Crippen molar-refractivity contribution in [2.24, 2.45) is 0 Å². The Bertz CT molecular complexity index is 1620. The van der Waals surface area contributed by atoms with Crippen LogP contribution in [0.4, 0.5) is 13.2 Å². The van der Waals surface area contributed by atoms with Gasteiger partial charge in [-0.2, -0.15) is 13.2 Å². The molecular formula is C24H25Cl2F3N4O4S. The van der Waals surface area contributed by atoms with Gasteiger partial charge in [0.05, 0.1) is 38.7 Å². The zero-order valence-corrected chi connectivity index (χ0v) is 22.8. The molecule has 0 amide bonds. The van der Waals surface area contributed by atoms with Gasteiger partial charge in [-0.25, -0.2) is 13.2 Å². The highest BCUT2D eigenvalue weighted by atomic mass is 35.5.